The minimum absolute atomic E-state index is 0.115. The van der Waals surface area contributed by atoms with Crippen molar-refractivity contribution in [1.29, 1.82) is 5.26 Å². The maximum Gasteiger partial charge on any atom is 0.0978 e. The van der Waals surface area contributed by atoms with Crippen molar-refractivity contribution >= 4 is 0 Å². The van der Waals surface area contributed by atoms with Gasteiger partial charge in [0.15, 0.2) is 0 Å². The molecule has 3 heteroatoms. The summed E-state index contributed by atoms with van der Waals surface area (Å²) in [6.45, 7) is 8.97. The van der Waals surface area contributed by atoms with Gasteiger partial charge in [-0.25, -0.2) is 0 Å². The molecule has 1 fully saturated rings. The lowest BCUT2D eigenvalue weighted by molar-refractivity contribution is 0.120. The molecule has 0 saturated carbocycles. The van der Waals surface area contributed by atoms with Crippen LogP contribution in [0, 0.1) is 23.2 Å². The molecule has 0 aromatic carbocycles. The highest BCUT2D eigenvalue weighted by Crippen LogP contribution is 2.10. The molecule has 88 valence electrons. The first-order chi connectivity index (χ1) is 7.81. The summed E-state index contributed by atoms with van der Waals surface area (Å²) in [6.07, 6.45) is 2.07. The minimum Gasteiger partial charge on any atom is -0.290 e. The lowest BCUT2D eigenvalue weighted by Gasteiger charge is -2.36. The van der Waals surface area contributed by atoms with Crippen molar-refractivity contribution in [3.05, 3.63) is 0 Å². The highest BCUT2D eigenvalue weighted by atomic mass is 15.3. The van der Waals surface area contributed by atoms with Gasteiger partial charge in [-0.2, -0.15) is 5.26 Å². The summed E-state index contributed by atoms with van der Waals surface area (Å²) in [4.78, 5) is 4.66. The van der Waals surface area contributed by atoms with Crippen LogP contribution in [0.4, 0.5) is 0 Å². The second kappa shape index (κ2) is 7.28. The number of hydrogen-bond donors (Lipinski definition) is 0. The zero-order chi connectivity index (χ0) is 11.8. The smallest absolute Gasteiger partial charge is 0.0978 e. The third-order valence-corrected chi connectivity index (χ3v) is 3.04. The first-order valence-electron chi connectivity index (χ1n) is 6.07. The fraction of sp³-hybridized carbons (Fsp3) is 0.769. The van der Waals surface area contributed by atoms with E-state index in [9.17, 15) is 0 Å². The third kappa shape index (κ3) is 3.85. The van der Waals surface area contributed by atoms with Crippen LogP contribution in [0.5, 0.6) is 0 Å². The van der Waals surface area contributed by atoms with Gasteiger partial charge in [0.2, 0.25) is 0 Å². The molecule has 1 unspecified atom stereocenters. The molecule has 0 aromatic heterocycles. The predicted molar refractivity (Wildman–Crippen MR) is 65.8 cm³/mol. The van der Waals surface area contributed by atoms with E-state index in [4.69, 9.17) is 5.26 Å². The Morgan fingerprint density at radius 1 is 1.25 bits per heavy atom. The van der Waals surface area contributed by atoms with Crippen molar-refractivity contribution in [1.82, 2.24) is 9.80 Å². The molecule has 1 rings (SSSR count). The van der Waals surface area contributed by atoms with Crippen molar-refractivity contribution in [2.24, 2.45) is 0 Å². The van der Waals surface area contributed by atoms with Gasteiger partial charge in [-0.05, 0) is 13.3 Å². The molecule has 16 heavy (non-hydrogen) atoms. The van der Waals surface area contributed by atoms with Crippen LogP contribution in [0.25, 0.3) is 0 Å². The van der Waals surface area contributed by atoms with Gasteiger partial charge in [-0.3, -0.25) is 9.80 Å². The highest BCUT2D eigenvalue weighted by molar-refractivity contribution is 4.99. The van der Waals surface area contributed by atoms with Gasteiger partial charge < -0.3 is 0 Å². The van der Waals surface area contributed by atoms with Gasteiger partial charge in [0.05, 0.1) is 18.7 Å². The Labute approximate surface area is 99.0 Å². The summed E-state index contributed by atoms with van der Waals surface area (Å²) >= 11 is 0. The first kappa shape index (κ1) is 13.0. The van der Waals surface area contributed by atoms with Gasteiger partial charge in [-0.15, -0.1) is 5.92 Å². The van der Waals surface area contributed by atoms with Gasteiger partial charge in [-0.1, -0.05) is 19.3 Å². The van der Waals surface area contributed by atoms with E-state index in [1.165, 1.54) is 0 Å². The average Bonchev–Trinajstić information content (AvgIpc) is 2.34. The maximum absolute atomic E-state index is 9.09. The SMILES string of the molecule is CC#CCN1CCN(C(C#N)CCC)CC1. The third-order valence-electron chi connectivity index (χ3n) is 3.04. The second-order valence-corrected chi connectivity index (χ2v) is 4.17. The zero-order valence-electron chi connectivity index (χ0n) is 10.4. The molecule has 0 aromatic rings. The van der Waals surface area contributed by atoms with Crippen LogP contribution >= 0.6 is 0 Å². The molecular weight excluding hydrogens is 198 g/mol. The fourth-order valence-electron chi connectivity index (χ4n) is 2.03. The van der Waals surface area contributed by atoms with Crippen LogP contribution in [0.2, 0.25) is 0 Å². The molecule has 0 spiro atoms. The number of hydrogen-bond acceptors (Lipinski definition) is 3. The normalized spacial score (nSPS) is 19.6. The Hall–Kier alpha value is -1.03. The van der Waals surface area contributed by atoms with Crippen molar-refractivity contribution in [2.45, 2.75) is 32.7 Å². The summed E-state index contributed by atoms with van der Waals surface area (Å²) in [6, 6.07) is 2.53. The molecule has 1 saturated heterocycles. The Kier molecular flexibility index (Phi) is 5.93. The van der Waals surface area contributed by atoms with E-state index in [0.717, 1.165) is 45.6 Å². The Balaban J connectivity index is 2.35. The highest BCUT2D eigenvalue weighted by Gasteiger charge is 2.22. The number of piperazine rings is 1. The Morgan fingerprint density at radius 3 is 2.44 bits per heavy atom. The van der Waals surface area contributed by atoms with Crippen LogP contribution < -0.4 is 0 Å². The number of rotatable bonds is 4. The summed E-state index contributed by atoms with van der Waals surface area (Å²) in [5.74, 6) is 6.02. The van der Waals surface area contributed by atoms with E-state index in [-0.39, 0.29) is 6.04 Å². The molecule has 0 amide bonds. The van der Waals surface area contributed by atoms with Gasteiger partial charge in [0, 0.05) is 26.2 Å². The Bertz CT molecular complexity index is 287. The molecule has 1 aliphatic rings. The van der Waals surface area contributed by atoms with Crippen molar-refractivity contribution in [3.63, 3.8) is 0 Å². The van der Waals surface area contributed by atoms with Crippen molar-refractivity contribution < 1.29 is 0 Å². The van der Waals surface area contributed by atoms with Crippen LogP contribution in [0.15, 0.2) is 0 Å². The summed E-state index contributed by atoms with van der Waals surface area (Å²) in [7, 11) is 0. The molecule has 1 aliphatic heterocycles. The molecule has 0 N–H and O–H groups in total. The monoisotopic (exact) mass is 219 g/mol. The minimum atomic E-state index is 0.115. The molecule has 3 nitrogen and oxygen atoms in total. The second-order valence-electron chi connectivity index (χ2n) is 4.17. The molecule has 0 bridgehead atoms. The lowest BCUT2D eigenvalue weighted by Crippen LogP contribution is -2.49. The summed E-state index contributed by atoms with van der Waals surface area (Å²) in [5.41, 5.74) is 0. The Morgan fingerprint density at radius 2 is 1.94 bits per heavy atom. The van der Waals surface area contributed by atoms with E-state index < -0.39 is 0 Å². The van der Waals surface area contributed by atoms with E-state index in [0.29, 0.717) is 0 Å². The van der Waals surface area contributed by atoms with Crippen LogP contribution in [-0.2, 0) is 0 Å². The molecule has 1 heterocycles. The number of nitrogens with zero attached hydrogens (tertiary/aromatic N) is 3. The zero-order valence-corrected chi connectivity index (χ0v) is 10.4. The van der Waals surface area contributed by atoms with E-state index >= 15 is 0 Å². The largest absolute Gasteiger partial charge is 0.290 e. The van der Waals surface area contributed by atoms with Crippen LogP contribution in [0.1, 0.15) is 26.7 Å². The van der Waals surface area contributed by atoms with E-state index in [2.05, 4.69) is 34.6 Å². The first-order valence-corrected chi connectivity index (χ1v) is 6.07. The molecule has 1 atom stereocenters. The van der Waals surface area contributed by atoms with Crippen LogP contribution in [0.3, 0.4) is 0 Å². The quantitative estimate of drug-likeness (QED) is 0.668. The standard InChI is InChI=1S/C13H21N3/c1-3-5-7-15-8-10-16(11-9-15)13(12-14)6-4-2/h13H,4,6-11H2,1-2H3. The number of nitriles is 1. The van der Waals surface area contributed by atoms with E-state index in [1.54, 1.807) is 0 Å². The van der Waals surface area contributed by atoms with Crippen LogP contribution in [-0.4, -0.2) is 48.6 Å². The predicted octanol–water partition coefficient (Wildman–Crippen LogP) is 1.32. The fourth-order valence-corrected chi connectivity index (χ4v) is 2.03. The maximum atomic E-state index is 9.09. The molecule has 0 aliphatic carbocycles. The topological polar surface area (TPSA) is 30.3 Å². The summed E-state index contributed by atoms with van der Waals surface area (Å²) < 4.78 is 0. The lowest BCUT2D eigenvalue weighted by atomic mass is 10.1. The molecule has 0 radical (unpaired) electrons. The van der Waals surface area contributed by atoms with Gasteiger partial charge >= 0.3 is 0 Å². The van der Waals surface area contributed by atoms with E-state index in [1.807, 2.05) is 6.92 Å². The average molecular weight is 219 g/mol. The van der Waals surface area contributed by atoms with Gasteiger partial charge in [0.25, 0.3) is 0 Å². The van der Waals surface area contributed by atoms with Crippen molar-refractivity contribution in [2.75, 3.05) is 32.7 Å². The van der Waals surface area contributed by atoms with Gasteiger partial charge in [0.1, 0.15) is 0 Å². The summed E-state index contributed by atoms with van der Waals surface area (Å²) in [5, 5.41) is 9.09. The van der Waals surface area contributed by atoms with Crippen molar-refractivity contribution in [3.8, 4) is 17.9 Å². The molecular formula is C13H21N3.